The van der Waals surface area contributed by atoms with Crippen molar-refractivity contribution in [2.75, 3.05) is 6.54 Å². The summed E-state index contributed by atoms with van der Waals surface area (Å²) >= 11 is 0. The summed E-state index contributed by atoms with van der Waals surface area (Å²) in [5.74, 6) is 2.97. The Morgan fingerprint density at radius 3 is 2.66 bits per heavy atom. The second kappa shape index (κ2) is 6.83. The van der Waals surface area contributed by atoms with E-state index in [-0.39, 0.29) is 11.5 Å². The van der Waals surface area contributed by atoms with Crippen molar-refractivity contribution in [2.24, 2.45) is 39.5 Å². The number of aliphatic hydroxyl groups excluding tert-OH is 1. The lowest BCUT2D eigenvalue weighted by Gasteiger charge is -2.60. The SMILES string of the molecule is CC[C@H]1C=C2C[C@@H](O)CC[C@]2(C)[C@H]2CC[C@]3(C)C(N4C=CN=CC4)=C(C)C[C@H]3[C@H]12. The van der Waals surface area contributed by atoms with Crippen molar-refractivity contribution in [2.45, 2.75) is 78.7 Å². The maximum atomic E-state index is 10.4. The molecule has 0 unspecified atom stereocenters. The van der Waals surface area contributed by atoms with Crippen LogP contribution in [0.15, 0.2) is 40.3 Å². The third-order valence-electron chi connectivity index (χ3n) is 9.58. The zero-order chi connectivity index (χ0) is 20.4. The normalized spacial score (nSPS) is 46.3. The highest BCUT2D eigenvalue weighted by atomic mass is 16.3. The smallest absolute Gasteiger partial charge is 0.0577 e. The number of hydrogen-bond donors (Lipinski definition) is 1. The van der Waals surface area contributed by atoms with Crippen molar-refractivity contribution in [3.05, 3.63) is 35.3 Å². The molecule has 1 aliphatic heterocycles. The number of allylic oxidation sites excluding steroid dienone is 3. The summed E-state index contributed by atoms with van der Waals surface area (Å²) in [7, 11) is 0. The van der Waals surface area contributed by atoms with E-state index in [4.69, 9.17) is 0 Å². The van der Waals surface area contributed by atoms with Gasteiger partial charge in [0.05, 0.1) is 12.6 Å². The molecule has 1 heterocycles. The first-order valence-corrected chi connectivity index (χ1v) is 11.9. The number of rotatable bonds is 2. The lowest BCUT2D eigenvalue weighted by atomic mass is 9.45. The van der Waals surface area contributed by atoms with Crippen LogP contribution in [0.2, 0.25) is 0 Å². The number of hydrogen-bond acceptors (Lipinski definition) is 3. The molecule has 3 heteroatoms. The van der Waals surface area contributed by atoms with Crippen LogP contribution in [0.25, 0.3) is 0 Å². The number of nitrogens with zero attached hydrogens (tertiary/aromatic N) is 2. The van der Waals surface area contributed by atoms with Crippen LogP contribution < -0.4 is 0 Å². The van der Waals surface area contributed by atoms with Gasteiger partial charge in [-0.3, -0.25) is 4.99 Å². The first-order valence-electron chi connectivity index (χ1n) is 11.9. The highest BCUT2D eigenvalue weighted by Crippen LogP contribution is 2.67. The Kier molecular flexibility index (Phi) is 4.62. The molecule has 0 spiro atoms. The van der Waals surface area contributed by atoms with Gasteiger partial charge < -0.3 is 10.0 Å². The van der Waals surface area contributed by atoms with Gasteiger partial charge in [0, 0.05) is 29.7 Å². The Bertz CT molecular complexity index is 808. The summed E-state index contributed by atoms with van der Waals surface area (Å²) < 4.78 is 0. The van der Waals surface area contributed by atoms with Crippen LogP contribution in [0.5, 0.6) is 0 Å². The molecule has 0 bridgehead atoms. The molecule has 5 rings (SSSR count). The third kappa shape index (κ3) is 2.76. The van der Waals surface area contributed by atoms with Gasteiger partial charge in [0.15, 0.2) is 0 Å². The molecule has 2 fully saturated rings. The molecule has 0 aromatic heterocycles. The fraction of sp³-hybridized carbons (Fsp3) is 0.731. The molecule has 0 saturated heterocycles. The molecule has 0 radical (unpaired) electrons. The zero-order valence-electron chi connectivity index (χ0n) is 18.7. The predicted octanol–water partition coefficient (Wildman–Crippen LogP) is 5.69. The lowest BCUT2D eigenvalue weighted by molar-refractivity contribution is -0.0560. The third-order valence-corrected chi connectivity index (χ3v) is 9.58. The van der Waals surface area contributed by atoms with E-state index in [0.29, 0.717) is 11.3 Å². The molecule has 3 nitrogen and oxygen atoms in total. The molecule has 5 aliphatic rings. The predicted molar refractivity (Wildman–Crippen MR) is 119 cm³/mol. The van der Waals surface area contributed by atoms with Crippen molar-refractivity contribution >= 4 is 6.21 Å². The van der Waals surface area contributed by atoms with Gasteiger partial charge in [-0.25, -0.2) is 0 Å². The number of aliphatic hydroxyl groups is 1. The van der Waals surface area contributed by atoms with E-state index in [1.165, 1.54) is 32.1 Å². The quantitative estimate of drug-likeness (QED) is 0.611. The van der Waals surface area contributed by atoms with Crippen molar-refractivity contribution in [1.29, 1.82) is 0 Å². The standard InChI is InChI=1S/C26H38N2O/c1-5-18-15-19-16-20(29)6-8-25(19,3)21-7-9-26(4)22(23(18)21)14-17(2)24(26)28-12-10-27-11-13-28/h10-12,15,18,20-23,29H,5-9,13-14,16H2,1-4H3/t18-,20-,21-,22-,23+,25-,26-/m0/s1. The van der Waals surface area contributed by atoms with Gasteiger partial charge >= 0.3 is 0 Å². The molecular weight excluding hydrogens is 356 g/mol. The minimum Gasteiger partial charge on any atom is -0.393 e. The molecule has 1 N–H and O–H groups in total. The van der Waals surface area contributed by atoms with Gasteiger partial charge in [-0.1, -0.05) is 38.0 Å². The molecule has 0 aromatic carbocycles. The van der Waals surface area contributed by atoms with E-state index in [1.54, 1.807) is 16.8 Å². The molecule has 7 atom stereocenters. The second-order valence-corrected chi connectivity index (χ2v) is 10.9. The minimum absolute atomic E-state index is 0.119. The van der Waals surface area contributed by atoms with Gasteiger partial charge in [0.1, 0.15) is 0 Å². The second-order valence-electron chi connectivity index (χ2n) is 10.9. The van der Waals surface area contributed by atoms with Gasteiger partial charge in [-0.05, 0) is 81.0 Å². The Morgan fingerprint density at radius 1 is 1.14 bits per heavy atom. The van der Waals surface area contributed by atoms with E-state index in [1.807, 2.05) is 12.4 Å². The number of aliphatic imine (C=N–C) groups is 1. The van der Waals surface area contributed by atoms with Gasteiger partial charge in [0.2, 0.25) is 0 Å². The van der Waals surface area contributed by atoms with Gasteiger partial charge in [-0.15, -0.1) is 0 Å². The molecule has 0 amide bonds. The van der Waals surface area contributed by atoms with Crippen LogP contribution in [-0.2, 0) is 0 Å². The monoisotopic (exact) mass is 394 g/mol. The van der Waals surface area contributed by atoms with Crippen LogP contribution in [0.3, 0.4) is 0 Å². The molecular formula is C26H38N2O. The molecule has 0 aromatic rings. The van der Waals surface area contributed by atoms with Gasteiger partial charge in [0.25, 0.3) is 0 Å². The van der Waals surface area contributed by atoms with E-state index < -0.39 is 0 Å². The van der Waals surface area contributed by atoms with E-state index in [2.05, 4.69) is 49.9 Å². The topological polar surface area (TPSA) is 35.8 Å². The average molecular weight is 395 g/mol. The summed E-state index contributed by atoms with van der Waals surface area (Å²) in [6.45, 7) is 10.8. The summed E-state index contributed by atoms with van der Waals surface area (Å²) in [5, 5.41) is 10.4. The fourth-order valence-electron chi connectivity index (χ4n) is 8.22. The first-order chi connectivity index (χ1) is 13.9. The van der Waals surface area contributed by atoms with E-state index >= 15 is 0 Å². The highest BCUT2D eigenvalue weighted by Gasteiger charge is 2.60. The average Bonchev–Trinajstić information content (AvgIpc) is 2.98. The van der Waals surface area contributed by atoms with Crippen LogP contribution in [0.4, 0.5) is 0 Å². The summed E-state index contributed by atoms with van der Waals surface area (Å²) in [6.07, 6.45) is 16.9. The molecule has 2 saturated carbocycles. The van der Waals surface area contributed by atoms with E-state index in [0.717, 1.165) is 37.1 Å². The number of fused-ring (bicyclic) bond motifs is 5. The van der Waals surface area contributed by atoms with Crippen molar-refractivity contribution < 1.29 is 5.11 Å². The highest BCUT2D eigenvalue weighted by molar-refractivity contribution is 5.62. The fourth-order valence-corrected chi connectivity index (χ4v) is 8.22. The summed E-state index contributed by atoms with van der Waals surface area (Å²) in [6, 6.07) is 0. The van der Waals surface area contributed by atoms with Crippen molar-refractivity contribution in [3.63, 3.8) is 0 Å². The van der Waals surface area contributed by atoms with Gasteiger partial charge in [-0.2, -0.15) is 0 Å². The van der Waals surface area contributed by atoms with Crippen LogP contribution in [0.1, 0.15) is 72.6 Å². The molecule has 158 valence electrons. The van der Waals surface area contributed by atoms with E-state index in [9.17, 15) is 5.11 Å². The summed E-state index contributed by atoms with van der Waals surface area (Å²) in [4.78, 5) is 6.78. The van der Waals surface area contributed by atoms with Crippen LogP contribution in [-0.4, -0.2) is 28.9 Å². The summed E-state index contributed by atoms with van der Waals surface area (Å²) in [5.41, 5.74) is 5.38. The Labute approximate surface area is 176 Å². The maximum absolute atomic E-state index is 10.4. The molecule has 29 heavy (non-hydrogen) atoms. The lowest BCUT2D eigenvalue weighted by Crippen LogP contribution is -2.53. The largest absolute Gasteiger partial charge is 0.393 e. The Morgan fingerprint density at radius 2 is 1.93 bits per heavy atom. The Balaban J connectivity index is 1.53. The minimum atomic E-state index is -0.119. The van der Waals surface area contributed by atoms with Crippen molar-refractivity contribution in [1.82, 2.24) is 4.90 Å². The van der Waals surface area contributed by atoms with Crippen molar-refractivity contribution in [3.8, 4) is 0 Å². The van der Waals surface area contributed by atoms with Crippen LogP contribution in [0, 0.1) is 34.5 Å². The maximum Gasteiger partial charge on any atom is 0.0577 e. The molecule has 4 aliphatic carbocycles. The van der Waals surface area contributed by atoms with Crippen LogP contribution >= 0.6 is 0 Å². The first kappa shape index (κ1) is 19.6. The zero-order valence-corrected chi connectivity index (χ0v) is 18.7. The Hall–Kier alpha value is -1.35.